The largest absolute Gasteiger partial charge is 0.444 e. The molecule has 0 aliphatic carbocycles. The third-order valence-corrected chi connectivity index (χ3v) is 7.50. The van der Waals surface area contributed by atoms with Crippen LogP contribution in [0.4, 0.5) is 22.4 Å². The summed E-state index contributed by atoms with van der Waals surface area (Å²) in [6, 6.07) is -0.378. The van der Waals surface area contributed by atoms with Crippen molar-refractivity contribution in [2.75, 3.05) is 19.6 Å². The standard InChI is InChI=1S/C28H42F4N4O5S/c1-17(36-40)28(5,6)35-15-12-18(11-14-34-26(39)41-27(2,3)4)10-13-33-21(37)8-7-9-22(38)42-25-23(31)19(29)16-20(30)24(25)32/h16-18,35H,7-15H2,1-6H3,(H,33,37)(H,34,39). The van der Waals surface area contributed by atoms with E-state index in [1.54, 1.807) is 27.7 Å². The zero-order chi connectivity index (χ0) is 32.1. The van der Waals surface area contributed by atoms with E-state index >= 15 is 0 Å². The summed E-state index contributed by atoms with van der Waals surface area (Å²) in [5, 5.41) is 11.2. The maximum absolute atomic E-state index is 13.8. The van der Waals surface area contributed by atoms with Crippen molar-refractivity contribution < 1.29 is 36.7 Å². The highest BCUT2D eigenvalue weighted by Gasteiger charge is 2.26. The quantitative estimate of drug-likeness (QED) is 0.0844. The van der Waals surface area contributed by atoms with Crippen LogP contribution in [0.15, 0.2) is 16.1 Å². The van der Waals surface area contributed by atoms with Crippen molar-refractivity contribution in [1.29, 1.82) is 0 Å². The number of carbonyl (C=O) groups is 3. The molecule has 9 nitrogen and oxygen atoms in total. The van der Waals surface area contributed by atoms with Gasteiger partial charge in [0.15, 0.2) is 28.4 Å². The van der Waals surface area contributed by atoms with Crippen LogP contribution in [0.2, 0.25) is 0 Å². The van der Waals surface area contributed by atoms with Crippen LogP contribution < -0.4 is 16.0 Å². The highest BCUT2D eigenvalue weighted by atomic mass is 32.2. The van der Waals surface area contributed by atoms with E-state index in [-0.39, 0.29) is 48.9 Å². The van der Waals surface area contributed by atoms with E-state index in [1.165, 1.54) is 0 Å². The molecular formula is C28H42F4N4O5S. The molecule has 1 rings (SSSR count). The van der Waals surface area contributed by atoms with Gasteiger partial charge in [-0.2, -0.15) is 4.91 Å². The maximum atomic E-state index is 13.8. The molecule has 42 heavy (non-hydrogen) atoms. The topological polar surface area (TPSA) is 126 Å². The van der Waals surface area contributed by atoms with Gasteiger partial charge in [-0.15, -0.1) is 0 Å². The average Bonchev–Trinajstić information content (AvgIpc) is 2.88. The number of halogens is 4. The molecular weight excluding hydrogens is 580 g/mol. The van der Waals surface area contributed by atoms with E-state index in [0.717, 1.165) is 0 Å². The minimum Gasteiger partial charge on any atom is -0.444 e. The molecule has 238 valence electrons. The minimum absolute atomic E-state index is 0.0357. The highest BCUT2D eigenvalue weighted by molar-refractivity contribution is 8.13. The summed E-state index contributed by atoms with van der Waals surface area (Å²) in [4.78, 5) is 46.2. The SMILES string of the molecule is CC(N=O)C(C)(C)NCCC(CCNC(=O)CCCC(=O)Sc1c(F)c(F)cc(F)c1F)CCNC(=O)OC(C)(C)C. The molecule has 2 amide bonds. The van der Waals surface area contributed by atoms with E-state index in [1.807, 2.05) is 13.8 Å². The molecule has 2 atom stereocenters. The summed E-state index contributed by atoms with van der Waals surface area (Å²) < 4.78 is 59.4. The maximum Gasteiger partial charge on any atom is 0.407 e. The number of carbonyl (C=O) groups excluding carboxylic acids is 3. The molecule has 2 unspecified atom stereocenters. The van der Waals surface area contributed by atoms with Crippen molar-refractivity contribution in [3.8, 4) is 0 Å². The number of benzene rings is 1. The number of hydrogen-bond acceptors (Lipinski definition) is 8. The summed E-state index contributed by atoms with van der Waals surface area (Å²) in [5.74, 6) is -6.73. The van der Waals surface area contributed by atoms with Gasteiger partial charge < -0.3 is 20.7 Å². The fraction of sp³-hybridized carbons (Fsp3) is 0.679. The zero-order valence-electron chi connectivity index (χ0n) is 25.0. The van der Waals surface area contributed by atoms with Gasteiger partial charge in [0.05, 0.1) is 4.90 Å². The lowest BCUT2D eigenvalue weighted by Gasteiger charge is -2.29. The normalized spacial score (nSPS) is 13.3. The number of nitroso groups, excluding NO2 is 1. The first kappa shape index (κ1) is 37.3. The second-order valence-corrected chi connectivity index (χ2v) is 12.6. The minimum atomic E-state index is -1.64. The molecule has 1 aromatic rings. The molecule has 14 heteroatoms. The van der Waals surface area contributed by atoms with Gasteiger partial charge in [0.1, 0.15) is 11.6 Å². The van der Waals surface area contributed by atoms with E-state index in [4.69, 9.17) is 4.74 Å². The van der Waals surface area contributed by atoms with Crippen molar-refractivity contribution >= 4 is 28.9 Å². The fourth-order valence-corrected chi connectivity index (χ4v) is 4.55. The molecule has 0 spiro atoms. The Morgan fingerprint density at radius 1 is 0.905 bits per heavy atom. The van der Waals surface area contributed by atoms with E-state index in [0.29, 0.717) is 38.9 Å². The molecule has 0 saturated heterocycles. The van der Waals surface area contributed by atoms with Gasteiger partial charge in [-0.3, -0.25) is 9.59 Å². The van der Waals surface area contributed by atoms with Crippen LogP contribution >= 0.6 is 11.8 Å². The van der Waals surface area contributed by atoms with Gasteiger partial charge in [0.2, 0.25) is 5.91 Å². The third kappa shape index (κ3) is 14.0. The van der Waals surface area contributed by atoms with Gasteiger partial charge in [-0.1, -0.05) is 5.18 Å². The first-order valence-electron chi connectivity index (χ1n) is 13.8. The van der Waals surface area contributed by atoms with E-state index in [2.05, 4.69) is 21.1 Å². The van der Waals surface area contributed by atoms with Crippen molar-refractivity contribution in [3.05, 3.63) is 34.2 Å². The van der Waals surface area contributed by atoms with Crippen molar-refractivity contribution in [2.24, 2.45) is 11.1 Å². The van der Waals surface area contributed by atoms with E-state index in [9.17, 15) is 36.9 Å². The zero-order valence-corrected chi connectivity index (χ0v) is 25.8. The first-order chi connectivity index (χ1) is 19.5. The second kappa shape index (κ2) is 17.4. The number of rotatable bonds is 17. The summed E-state index contributed by atoms with van der Waals surface area (Å²) in [7, 11) is 0. The van der Waals surface area contributed by atoms with Crippen LogP contribution in [0.25, 0.3) is 0 Å². The van der Waals surface area contributed by atoms with Crippen molar-refractivity contribution in [1.82, 2.24) is 16.0 Å². The van der Waals surface area contributed by atoms with Crippen LogP contribution in [0.1, 0.15) is 80.1 Å². The molecule has 1 aromatic carbocycles. The Morgan fingerprint density at radius 3 is 2.00 bits per heavy atom. The van der Waals surface area contributed by atoms with Crippen molar-refractivity contribution in [2.45, 2.75) is 102 Å². The molecule has 3 N–H and O–H groups in total. The average molecular weight is 623 g/mol. The van der Waals surface area contributed by atoms with Gasteiger partial charge in [-0.05, 0) is 91.5 Å². The highest BCUT2D eigenvalue weighted by Crippen LogP contribution is 2.30. The monoisotopic (exact) mass is 622 g/mol. The summed E-state index contributed by atoms with van der Waals surface area (Å²) >= 11 is 0.0546. The smallest absolute Gasteiger partial charge is 0.407 e. The van der Waals surface area contributed by atoms with Gasteiger partial charge in [-0.25, -0.2) is 22.4 Å². The molecule has 0 aromatic heterocycles. The number of nitrogens with zero attached hydrogens (tertiary/aromatic N) is 1. The Balaban J connectivity index is 2.54. The molecule has 0 fully saturated rings. The number of nitrogens with one attached hydrogen (secondary N) is 3. The predicted octanol–water partition coefficient (Wildman–Crippen LogP) is 5.98. The third-order valence-electron chi connectivity index (χ3n) is 6.50. The number of alkyl carbamates (subject to hydrolysis) is 1. The molecule has 0 aliphatic heterocycles. The molecule has 0 bridgehead atoms. The lowest BCUT2D eigenvalue weighted by molar-refractivity contribution is -0.121. The van der Waals surface area contributed by atoms with Crippen LogP contribution in [0.5, 0.6) is 0 Å². The van der Waals surface area contributed by atoms with Crippen LogP contribution in [-0.2, 0) is 14.3 Å². The van der Waals surface area contributed by atoms with Crippen LogP contribution in [0, 0.1) is 34.1 Å². The van der Waals surface area contributed by atoms with Crippen molar-refractivity contribution in [3.63, 3.8) is 0 Å². The Kier molecular flexibility index (Phi) is 15.4. The Hall–Kier alpha value is -2.74. The Bertz CT molecular complexity index is 1060. The Labute approximate surface area is 248 Å². The number of ether oxygens (including phenoxy) is 1. The summed E-state index contributed by atoms with van der Waals surface area (Å²) in [5.41, 5.74) is -1.13. The number of amides is 2. The molecule has 0 heterocycles. The lowest BCUT2D eigenvalue weighted by Crippen LogP contribution is -2.48. The predicted molar refractivity (Wildman–Crippen MR) is 153 cm³/mol. The first-order valence-corrected chi connectivity index (χ1v) is 14.6. The van der Waals surface area contributed by atoms with Gasteiger partial charge in [0, 0.05) is 37.5 Å². The number of hydrogen-bond donors (Lipinski definition) is 3. The molecule has 0 aliphatic rings. The summed E-state index contributed by atoms with van der Waals surface area (Å²) in [6.45, 7) is 12.0. The molecule has 0 radical (unpaired) electrons. The summed E-state index contributed by atoms with van der Waals surface area (Å²) in [6.07, 6.45) is 1.17. The lowest BCUT2D eigenvalue weighted by atomic mass is 9.94. The van der Waals surface area contributed by atoms with Crippen LogP contribution in [-0.4, -0.2) is 53.9 Å². The Morgan fingerprint density at radius 2 is 1.45 bits per heavy atom. The number of thioether (sulfide) groups is 1. The fourth-order valence-electron chi connectivity index (χ4n) is 3.71. The van der Waals surface area contributed by atoms with Gasteiger partial charge in [0.25, 0.3) is 0 Å². The van der Waals surface area contributed by atoms with Gasteiger partial charge >= 0.3 is 6.09 Å². The second-order valence-electron chi connectivity index (χ2n) is 11.6. The van der Waals surface area contributed by atoms with E-state index < -0.39 is 56.6 Å². The molecule has 0 saturated carbocycles. The van der Waals surface area contributed by atoms with Crippen LogP contribution in [0.3, 0.4) is 0 Å².